The molecule has 0 bridgehead atoms. The number of nitrogens with one attached hydrogen (secondary N) is 2. The summed E-state index contributed by atoms with van der Waals surface area (Å²) in [6.45, 7) is 4.45. The fourth-order valence-electron chi connectivity index (χ4n) is 2.95. The Kier molecular flexibility index (Phi) is 5.39. The van der Waals surface area contributed by atoms with Crippen molar-refractivity contribution in [2.75, 3.05) is 23.4 Å². The van der Waals surface area contributed by atoms with Crippen LogP contribution in [0.2, 0.25) is 0 Å². The highest BCUT2D eigenvalue weighted by atomic mass is 32.1. The number of aliphatic hydroxyl groups excluding tert-OH is 1. The molecule has 0 saturated carbocycles. The molecule has 1 aliphatic rings. The SMILES string of the molecule is CC(C)(CO)NC(=O)Nc1nc2c(s1)CN(c1nc(-c3ccc(F)cc3)no1)CC2. The molecule has 0 radical (unpaired) electrons. The van der Waals surface area contributed by atoms with Crippen LogP contribution in [-0.2, 0) is 13.0 Å². The second-order valence-corrected chi connectivity index (χ2v) is 8.67. The van der Waals surface area contributed by atoms with Gasteiger partial charge in [0, 0.05) is 23.4 Å². The third-order valence-corrected chi connectivity index (χ3v) is 5.58. The summed E-state index contributed by atoms with van der Waals surface area (Å²) in [6.07, 6.45) is 0.672. The van der Waals surface area contributed by atoms with Crippen LogP contribution in [-0.4, -0.2) is 45.0 Å². The van der Waals surface area contributed by atoms with E-state index in [0.29, 0.717) is 42.0 Å². The van der Waals surface area contributed by atoms with Crippen LogP contribution < -0.4 is 15.5 Å². The molecule has 0 unspecified atom stereocenters. The summed E-state index contributed by atoms with van der Waals surface area (Å²) in [7, 11) is 0. The summed E-state index contributed by atoms with van der Waals surface area (Å²) >= 11 is 1.38. The number of halogens is 1. The zero-order chi connectivity index (χ0) is 21.3. The fraction of sp³-hybridized carbons (Fsp3) is 0.368. The lowest BCUT2D eigenvalue weighted by atomic mass is 10.1. The maximum atomic E-state index is 13.1. The van der Waals surface area contributed by atoms with Crippen LogP contribution in [0.25, 0.3) is 11.4 Å². The number of amides is 2. The number of hydrogen-bond acceptors (Lipinski definition) is 8. The normalized spacial score (nSPS) is 13.8. The predicted molar refractivity (Wildman–Crippen MR) is 110 cm³/mol. The third-order valence-electron chi connectivity index (χ3n) is 4.59. The Hall–Kier alpha value is -3.05. The molecule has 9 nitrogen and oxygen atoms in total. The quantitative estimate of drug-likeness (QED) is 0.568. The summed E-state index contributed by atoms with van der Waals surface area (Å²) < 4.78 is 18.5. The maximum absolute atomic E-state index is 13.1. The Morgan fingerprint density at radius 1 is 1.33 bits per heavy atom. The number of fused-ring (bicyclic) bond motifs is 1. The van der Waals surface area contributed by atoms with E-state index in [1.54, 1.807) is 26.0 Å². The molecule has 3 N–H and O–H groups in total. The molecule has 2 amide bonds. The highest BCUT2D eigenvalue weighted by Gasteiger charge is 2.26. The smallest absolute Gasteiger partial charge is 0.324 e. The van der Waals surface area contributed by atoms with Crippen molar-refractivity contribution in [3.8, 4) is 11.4 Å². The van der Waals surface area contributed by atoms with Crippen LogP contribution in [0.15, 0.2) is 28.8 Å². The van der Waals surface area contributed by atoms with Crippen molar-refractivity contribution in [3.63, 3.8) is 0 Å². The molecular formula is C19H21FN6O3S. The molecule has 4 rings (SSSR count). The Bertz CT molecular complexity index is 1050. The average molecular weight is 432 g/mol. The molecular weight excluding hydrogens is 411 g/mol. The summed E-state index contributed by atoms with van der Waals surface area (Å²) in [5, 5.41) is 19.2. The van der Waals surface area contributed by atoms with Gasteiger partial charge in [-0.3, -0.25) is 5.32 Å². The van der Waals surface area contributed by atoms with Crippen molar-refractivity contribution < 1.29 is 18.8 Å². The highest BCUT2D eigenvalue weighted by molar-refractivity contribution is 7.15. The van der Waals surface area contributed by atoms with Crippen LogP contribution in [0.3, 0.4) is 0 Å². The van der Waals surface area contributed by atoms with Crippen molar-refractivity contribution in [3.05, 3.63) is 40.7 Å². The number of rotatable bonds is 5. The van der Waals surface area contributed by atoms with E-state index in [1.807, 2.05) is 4.90 Å². The first-order chi connectivity index (χ1) is 14.3. The topological polar surface area (TPSA) is 116 Å². The molecule has 0 fully saturated rings. The Balaban J connectivity index is 1.43. The lowest BCUT2D eigenvalue weighted by Gasteiger charge is -2.23. The number of benzene rings is 1. The van der Waals surface area contributed by atoms with Gasteiger partial charge in [-0.2, -0.15) is 4.98 Å². The van der Waals surface area contributed by atoms with Gasteiger partial charge in [-0.15, -0.1) is 0 Å². The van der Waals surface area contributed by atoms with Gasteiger partial charge < -0.3 is 19.8 Å². The minimum Gasteiger partial charge on any atom is -0.394 e. The Morgan fingerprint density at radius 3 is 2.83 bits per heavy atom. The first kappa shape index (κ1) is 20.2. The molecule has 3 heterocycles. The van der Waals surface area contributed by atoms with Crippen LogP contribution in [0.4, 0.5) is 20.3 Å². The Labute approximate surface area is 175 Å². The summed E-state index contributed by atoms with van der Waals surface area (Å²) in [5.74, 6) is 0.0693. The van der Waals surface area contributed by atoms with Gasteiger partial charge in [-0.1, -0.05) is 16.5 Å². The van der Waals surface area contributed by atoms with Gasteiger partial charge in [-0.25, -0.2) is 14.2 Å². The molecule has 158 valence electrons. The van der Waals surface area contributed by atoms with Crippen molar-refractivity contribution in [1.82, 2.24) is 20.4 Å². The van der Waals surface area contributed by atoms with Gasteiger partial charge in [0.25, 0.3) is 0 Å². The molecule has 1 aliphatic heterocycles. The van der Waals surface area contributed by atoms with E-state index in [1.165, 1.54) is 23.5 Å². The lowest BCUT2D eigenvalue weighted by molar-refractivity contribution is 0.187. The van der Waals surface area contributed by atoms with Crippen molar-refractivity contribution in [1.29, 1.82) is 0 Å². The van der Waals surface area contributed by atoms with E-state index in [-0.39, 0.29) is 12.4 Å². The van der Waals surface area contributed by atoms with E-state index in [0.717, 1.165) is 10.6 Å². The summed E-state index contributed by atoms with van der Waals surface area (Å²) in [4.78, 5) is 24.0. The number of anilines is 2. The summed E-state index contributed by atoms with van der Waals surface area (Å²) in [5.41, 5.74) is 0.870. The molecule has 3 aromatic rings. The number of carbonyl (C=O) groups excluding carboxylic acids is 1. The molecule has 0 spiro atoms. The van der Waals surface area contributed by atoms with Gasteiger partial charge >= 0.3 is 12.0 Å². The van der Waals surface area contributed by atoms with E-state index >= 15 is 0 Å². The largest absolute Gasteiger partial charge is 0.394 e. The number of aromatic nitrogens is 3. The number of nitrogens with zero attached hydrogens (tertiary/aromatic N) is 4. The maximum Gasteiger partial charge on any atom is 0.324 e. The van der Waals surface area contributed by atoms with Crippen LogP contribution in [0, 0.1) is 5.82 Å². The van der Waals surface area contributed by atoms with E-state index in [2.05, 4.69) is 25.8 Å². The van der Waals surface area contributed by atoms with Crippen molar-refractivity contribution in [2.24, 2.45) is 0 Å². The van der Waals surface area contributed by atoms with Gasteiger partial charge in [0.2, 0.25) is 5.82 Å². The molecule has 1 aromatic carbocycles. The zero-order valence-corrected chi connectivity index (χ0v) is 17.3. The van der Waals surface area contributed by atoms with E-state index < -0.39 is 11.6 Å². The number of hydrogen-bond donors (Lipinski definition) is 3. The average Bonchev–Trinajstić information content (AvgIpc) is 3.34. The zero-order valence-electron chi connectivity index (χ0n) is 16.5. The number of aliphatic hydroxyl groups is 1. The monoisotopic (exact) mass is 432 g/mol. The van der Waals surface area contributed by atoms with Crippen LogP contribution in [0.5, 0.6) is 0 Å². The molecule has 0 aliphatic carbocycles. The number of carbonyl (C=O) groups is 1. The summed E-state index contributed by atoms with van der Waals surface area (Å²) in [6, 6.07) is 5.86. The fourth-order valence-corrected chi connectivity index (χ4v) is 3.97. The number of thiazole rings is 1. The number of urea groups is 1. The Morgan fingerprint density at radius 2 is 2.10 bits per heavy atom. The second-order valence-electron chi connectivity index (χ2n) is 7.59. The van der Waals surface area contributed by atoms with Crippen LogP contribution in [0.1, 0.15) is 24.4 Å². The van der Waals surface area contributed by atoms with Gasteiger partial charge in [-0.05, 0) is 38.1 Å². The van der Waals surface area contributed by atoms with E-state index in [4.69, 9.17) is 4.52 Å². The minimum absolute atomic E-state index is 0.173. The third kappa shape index (κ3) is 4.41. The molecule has 0 saturated heterocycles. The van der Waals surface area contributed by atoms with Gasteiger partial charge in [0.05, 0.1) is 24.4 Å². The van der Waals surface area contributed by atoms with E-state index in [9.17, 15) is 14.3 Å². The predicted octanol–water partition coefficient (Wildman–Crippen LogP) is 2.79. The molecule has 2 aromatic heterocycles. The second kappa shape index (κ2) is 8.00. The molecule has 0 atom stereocenters. The van der Waals surface area contributed by atoms with Gasteiger partial charge in [0.1, 0.15) is 5.82 Å². The molecule has 11 heteroatoms. The van der Waals surface area contributed by atoms with Crippen molar-refractivity contribution in [2.45, 2.75) is 32.4 Å². The van der Waals surface area contributed by atoms with Crippen molar-refractivity contribution >= 4 is 28.5 Å². The molecule has 30 heavy (non-hydrogen) atoms. The van der Waals surface area contributed by atoms with Gasteiger partial charge in [0.15, 0.2) is 5.13 Å². The first-order valence-corrected chi connectivity index (χ1v) is 10.2. The minimum atomic E-state index is -0.724. The highest BCUT2D eigenvalue weighted by Crippen LogP contribution is 2.31. The lowest BCUT2D eigenvalue weighted by Crippen LogP contribution is -2.48. The standard InChI is InChI=1S/C19H21FN6O3S/c1-19(2,10-27)24-16(28)23-17-21-13-7-8-26(9-14(13)30-17)18-22-15(25-29-18)11-3-5-12(20)6-4-11/h3-6,27H,7-10H2,1-2H3,(H2,21,23,24,28). The van der Waals surface area contributed by atoms with Crippen LogP contribution >= 0.6 is 11.3 Å². The first-order valence-electron chi connectivity index (χ1n) is 9.36.